The van der Waals surface area contributed by atoms with Gasteiger partial charge in [-0.05, 0) is 55.5 Å². The molecule has 2 aliphatic rings. The van der Waals surface area contributed by atoms with Crippen molar-refractivity contribution in [1.82, 2.24) is 9.88 Å². The third-order valence-corrected chi connectivity index (χ3v) is 9.67. The quantitative estimate of drug-likeness (QED) is 0.287. The van der Waals surface area contributed by atoms with Gasteiger partial charge in [0.25, 0.3) is 15.9 Å². The molecule has 2 amide bonds. The summed E-state index contributed by atoms with van der Waals surface area (Å²) in [6, 6.07) is 20.6. The number of ether oxygens (including phenoxy) is 2. The number of amides is 2. The molecule has 6 rings (SSSR count). The maximum Gasteiger partial charge on any atom is 0.411 e. The van der Waals surface area contributed by atoms with Crippen LogP contribution in [-0.2, 0) is 25.2 Å². The maximum absolute atomic E-state index is 15.0. The Labute approximate surface area is 265 Å². The number of hydrogen-bond acceptors (Lipinski definition) is 9. The lowest BCUT2D eigenvalue weighted by Crippen LogP contribution is -2.53. The van der Waals surface area contributed by atoms with E-state index in [4.69, 9.17) is 9.47 Å². The summed E-state index contributed by atoms with van der Waals surface area (Å²) in [4.78, 5) is 35.6. The van der Waals surface area contributed by atoms with E-state index in [9.17, 15) is 27.7 Å². The number of pyridine rings is 1. The molecule has 2 aliphatic heterocycles. The van der Waals surface area contributed by atoms with Crippen LogP contribution in [0.5, 0.6) is 5.75 Å². The molecule has 3 aromatic carbocycles. The summed E-state index contributed by atoms with van der Waals surface area (Å²) in [5.41, 5.74) is -1.61. The topological polar surface area (TPSA) is 133 Å². The van der Waals surface area contributed by atoms with Gasteiger partial charge in [-0.3, -0.25) is 9.78 Å². The number of carbonyl (C=O) groups excluding carboxylic acids is 2. The van der Waals surface area contributed by atoms with Crippen molar-refractivity contribution in [2.24, 2.45) is 0 Å². The van der Waals surface area contributed by atoms with E-state index in [1.54, 1.807) is 37.5 Å². The van der Waals surface area contributed by atoms with Gasteiger partial charge in [0.1, 0.15) is 16.5 Å². The Balaban J connectivity index is 1.49. The maximum atomic E-state index is 15.0. The third-order valence-electron chi connectivity index (χ3n) is 7.94. The number of anilines is 2. The number of benzene rings is 3. The largest absolute Gasteiger partial charge is 0.493 e. The molecule has 0 bridgehead atoms. The van der Waals surface area contributed by atoms with Crippen LogP contribution in [0.3, 0.4) is 0 Å². The summed E-state index contributed by atoms with van der Waals surface area (Å²) >= 11 is 0. The average molecular weight is 642 g/mol. The molecule has 1 fully saturated rings. The highest BCUT2D eigenvalue weighted by Gasteiger charge is 2.61. The zero-order valence-corrected chi connectivity index (χ0v) is 25.5. The second-order valence-corrected chi connectivity index (χ2v) is 12.3. The number of rotatable bonds is 7. The minimum absolute atomic E-state index is 0.0493. The third kappa shape index (κ3) is 5.06. The molecule has 13 heteroatoms. The zero-order valence-electron chi connectivity index (χ0n) is 24.7. The van der Waals surface area contributed by atoms with Gasteiger partial charge in [0.2, 0.25) is 5.60 Å². The molecule has 4 aromatic rings. The molecule has 0 radical (unpaired) electrons. The molecule has 1 atom stereocenters. The van der Waals surface area contributed by atoms with E-state index < -0.39 is 38.3 Å². The Morgan fingerprint density at radius 1 is 0.978 bits per heavy atom. The predicted octanol–water partition coefficient (Wildman–Crippen LogP) is 4.43. The molecule has 1 unspecified atom stereocenters. The van der Waals surface area contributed by atoms with Crippen LogP contribution in [0.4, 0.5) is 20.6 Å². The Kier molecular flexibility index (Phi) is 8.06. The van der Waals surface area contributed by atoms with E-state index in [-0.39, 0.29) is 47.8 Å². The lowest BCUT2D eigenvalue weighted by Gasteiger charge is -2.38. The number of fused-ring (bicyclic) bond motifs is 1. The van der Waals surface area contributed by atoms with Crippen LogP contribution in [0.2, 0.25) is 0 Å². The van der Waals surface area contributed by atoms with Crippen LogP contribution < -0.4 is 13.9 Å². The van der Waals surface area contributed by atoms with Crippen LogP contribution in [0.25, 0.3) is 0 Å². The van der Waals surface area contributed by atoms with Gasteiger partial charge in [0.05, 0.1) is 29.5 Å². The Morgan fingerprint density at radius 3 is 2.37 bits per heavy atom. The van der Waals surface area contributed by atoms with Gasteiger partial charge >= 0.3 is 6.09 Å². The van der Waals surface area contributed by atoms with Crippen LogP contribution in [0.15, 0.2) is 96.2 Å². The zero-order chi connectivity index (χ0) is 32.5. The first-order valence-electron chi connectivity index (χ1n) is 14.5. The van der Waals surface area contributed by atoms with Gasteiger partial charge in [0.15, 0.2) is 0 Å². The Hall–Kier alpha value is -5.48. The number of sulfonamides is 1. The fourth-order valence-corrected chi connectivity index (χ4v) is 7.30. The first kappa shape index (κ1) is 30.5. The van der Waals surface area contributed by atoms with Gasteiger partial charge < -0.3 is 19.3 Å². The number of nitriles is 1. The minimum Gasteiger partial charge on any atom is -0.493 e. The molecule has 3 heterocycles. The van der Waals surface area contributed by atoms with Gasteiger partial charge in [-0.2, -0.15) is 9.57 Å². The highest BCUT2D eigenvalue weighted by Crippen LogP contribution is 2.52. The van der Waals surface area contributed by atoms with Crippen molar-refractivity contribution in [1.29, 1.82) is 5.26 Å². The molecular formula is C33H28FN5O6S. The first-order chi connectivity index (χ1) is 22.2. The predicted molar refractivity (Wildman–Crippen MR) is 165 cm³/mol. The van der Waals surface area contributed by atoms with Crippen LogP contribution >= 0.6 is 0 Å². The number of aromatic nitrogens is 1. The van der Waals surface area contributed by atoms with E-state index >= 15 is 0 Å². The summed E-state index contributed by atoms with van der Waals surface area (Å²) < 4.78 is 55.6. The van der Waals surface area contributed by atoms with Gasteiger partial charge in [-0.15, -0.1) is 0 Å². The summed E-state index contributed by atoms with van der Waals surface area (Å²) in [7, 11) is -4.89. The summed E-state index contributed by atoms with van der Waals surface area (Å²) in [5.74, 6) is -2.09. The highest BCUT2D eigenvalue weighted by molar-refractivity contribution is 7.93. The second kappa shape index (κ2) is 12.1. The van der Waals surface area contributed by atoms with E-state index in [0.717, 1.165) is 17.8 Å². The number of piperazine rings is 1. The van der Waals surface area contributed by atoms with Crippen molar-refractivity contribution >= 4 is 33.4 Å². The number of halogens is 1. The van der Waals surface area contributed by atoms with Crippen molar-refractivity contribution in [2.75, 3.05) is 42.0 Å². The number of hydrogen-bond donors (Lipinski definition) is 0. The Morgan fingerprint density at radius 2 is 1.67 bits per heavy atom. The minimum atomic E-state index is -4.89. The molecule has 0 saturated carbocycles. The molecule has 0 aliphatic carbocycles. The monoisotopic (exact) mass is 641 g/mol. The highest BCUT2D eigenvalue weighted by atomic mass is 32.2. The standard InChI is InChI=1S/C33H28FN5O6S/c1-2-44-29-9-5-3-7-25(29)33(45-32(41)38-19-17-37(18-20-38)24-13-15-36-16-14-24)26-21-23(22-35)11-12-28(26)39(31(33)40)46(42,43)30-10-6-4-8-27(30)34/h3-16,21H,2,17-20H2,1H3. The van der Waals surface area contributed by atoms with Gasteiger partial charge in [-0.1, -0.05) is 30.3 Å². The van der Waals surface area contributed by atoms with Crippen molar-refractivity contribution in [3.63, 3.8) is 0 Å². The summed E-state index contributed by atoms with van der Waals surface area (Å²) in [6.45, 7) is 3.29. The smallest absolute Gasteiger partial charge is 0.411 e. The van der Waals surface area contributed by atoms with Gasteiger partial charge in [0, 0.05) is 49.8 Å². The molecule has 11 nitrogen and oxygen atoms in total. The molecule has 0 spiro atoms. The Bertz CT molecular complexity index is 1960. The second-order valence-electron chi connectivity index (χ2n) is 10.5. The number of para-hydroxylation sites is 1. The fraction of sp³-hybridized carbons (Fsp3) is 0.212. The molecule has 1 saturated heterocycles. The van der Waals surface area contributed by atoms with Crippen molar-refractivity contribution in [2.45, 2.75) is 17.4 Å². The molecule has 234 valence electrons. The van der Waals surface area contributed by atoms with Crippen molar-refractivity contribution in [3.8, 4) is 11.8 Å². The molecule has 0 N–H and O–H groups in total. The first-order valence-corrected chi connectivity index (χ1v) is 15.9. The normalized spacial score (nSPS) is 17.8. The van der Waals surface area contributed by atoms with E-state index in [2.05, 4.69) is 9.88 Å². The van der Waals surface area contributed by atoms with E-state index in [0.29, 0.717) is 17.4 Å². The van der Waals surface area contributed by atoms with Crippen LogP contribution in [-0.4, -0.2) is 63.1 Å². The lowest BCUT2D eigenvalue weighted by atomic mass is 9.85. The summed E-state index contributed by atoms with van der Waals surface area (Å²) in [6.07, 6.45) is 2.47. The van der Waals surface area contributed by atoms with Crippen LogP contribution in [0.1, 0.15) is 23.6 Å². The summed E-state index contributed by atoms with van der Waals surface area (Å²) in [5, 5.41) is 9.79. The fourth-order valence-electron chi connectivity index (χ4n) is 5.77. The lowest BCUT2D eigenvalue weighted by molar-refractivity contribution is -0.132. The van der Waals surface area contributed by atoms with Gasteiger partial charge in [-0.25, -0.2) is 17.6 Å². The van der Waals surface area contributed by atoms with Crippen molar-refractivity contribution in [3.05, 3.63) is 114 Å². The number of nitrogens with zero attached hydrogens (tertiary/aromatic N) is 5. The van der Waals surface area contributed by atoms with E-state index in [1.165, 1.54) is 41.3 Å². The number of carbonyl (C=O) groups is 2. The average Bonchev–Trinajstić information content (AvgIpc) is 3.33. The molecule has 1 aromatic heterocycles. The molecule has 46 heavy (non-hydrogen) atoms. The molecular weight excluding hydrogens is 613 g/mol. The SMILES string of the molecule is CCOc1ccccc1C1(OC(=O)N2CCN(c3ccncc3)CC2)C(=O)N(S(=O)(=O)c2ccccc2F)c2ccc(C#N)cc21. The van der Waals surface area contributed by atoms with Crippen molar-refractivity contribution < 1.29 is 31.9 Å². The van der Waals surface area contributed by atoms with E-state index in [1.807, 2.05) is 18.2 Å². The van der Waals surface area contributed by atoms with Crippen LogP contribution in [0, 0.1) is 17.1 Å².